The maximum atomic E-state index is 13.1. The van der Waals surface area contributed by atoms with Crippen LogP contribution in [0.5, 0.6) is 0 Å². The molecule has 0 atom stereocenters. The number of nitrogens with zero attached hydrogens (tertiary/aromatic N) is 3. The Morgan fingerprint density at radius 1 is 1.00 bits per heavy atom. The number of unbranched alkanes of at least 4 members (excludes halogenated alkanes) is 1. The molecule has 4 rings (SSSR count). The predicted molar refractivity (Wildman–Crippen MR) is 119 cm³/mol. The summed E-state index contributed by atoms with van der Waals surface area (Å²) < 4.78 is 20.1. The number of anilines is 1. The summed E-state index contributed by atoms with van der Waals surface area (Å²) in [7, 11) is 0. The Balaban J connectivity index is 1.26. The smallest absolute Gasteiger partial charge is 0.408 e. The van der Waals surface area contributed by atoms with Crippen LogP contribution in [0.1, 0.15) is 36.5 Å². The monoisotopic (exact) mass is 425 g/mol. The normalized spacial score (nSPS) is 15.0. The molecule has 2 heterocycles. The quantitative estimate of drug-likeness (QED) is 0.404. The molecule has 2 aromatic carbocycles. The SMILES string of the molecule is CCC(=O)c1ccc2c(c1)oc(=O)n2CCCCN1CCN(c2ccc(F)cc2)CC1. The maximum Gasteiger partial charge on any atom is 0.419 e. The fourth-order valence-corrected chi connectivity index (χ4v) is 4.14. The lowest BCUT2D eigenvalue weighted by Gasteiger charge is -2.36. The number of aryl methyl sites for hydroxylation is 1. The van der Waals surface area contributed by atoms with Crippen molar-refractivity contribution in [2.75, 3.05) is 37.6 Å². The van der Waals surface area contributed by atoms with Crippen molar-refractivity contribution in [3.05, 3.63) is 64.4 Å². The Hall–Kier alpha value is -2.93. The third-order valence-corrected chi connectivity index (χ3v) is 5.98. The van der Waals surface area contributed by atoms with Gasteiger partial charge in [0.2, 0.25) is 0 Å². The summed E-state index contributed by atoms with van der Waals surface area (Å²) in [5.74, 6) is -0.539. The van der Waals surface area contributed by atoms with Crippen LogP contribution in [-0.2, 0) is 6.54 Å². The molecule has 164 valence electrons. The van der Waals surface area contributed by atoms with Crippen molar-refractivity contribution in [2.45, 2.75) is 32.7 Å². The highest BCUT2D eigenvalue weighted by atomic mass is 19.1. The molecule has 1 aromatic heterocycles. The molecular weight excluding hydrogens is 397 g/mol. The summed E-state index contributed by atoms with van der Waals surface area (Å²) >= 11 is 0. The second kappa shape index (κ2) is 9.47. The minimum Gasteiger partial charge on any atom is -0.408 e. The number of rotatable bonds is 8. The van der Waals surface area contributed by atoms with E-state index >= 15 is 0 Å². The van der Waals surface area contributed by atoms with Gasteiger partial charge in [-0.05, 0) is 61.9 Å². The van der Waals surface area contributed by atoms with E-state index in [-0.39, 0.29) is 17.4 Å². The summed E-state index contributed by atoms with van der Waals surface area (Å²) in [6, 6.07) is 11.9. The fraction of sp³-hybridized carbons (Fsp3) is 0.417. The summed E-state index contributed by atoms with van der Waals surface area (Å²) in [5.41, 5.74) is 2.86. The molecule has 0 amide bonds. The van der Waals surface area contributed by atoms with E-state index in [1.807, 2.05) is 19.1 Å². The molecule has 6 nitrogen and oxygen atoms in total. The first-order chi connectivity index (χ1) is 15.0. The van der Waals surface area contributed by atoms with Crippen molar-refractivity contribution in [1.29, 1.82) is 0 Å². The summed E-state index contributed by atoms with van der Waals surface area (Å²) in [4.78, 5) is 28.8. The number of oxazole rings is 1. The number of piperazine rings is 1. The molecule has 1 saturated heterocycles. The zero-order valence-corrected chi connectivity index (χ0v) is 17.8. The highest BCUT2D eigenvalue weighted by molar-refractivity contribution is 5.98. The number of hydrogen-bond donors (Lipinski definition) is 0. The van der Waals surface area contributed by atoms with Crippen molar-refractivity contribution in [2.24, 2.45) is 0 Å². The number of Topliss-reactive ketones (excluding diaryl/α,β-unsaturated/α-hetero) is 1. The average molecular weight is 426 g/mol. The van der Waals surface area contributed by atoms with Gasteiger partial charge in [-0.1, -0.05) is 6.92 Å². The fourth-order valence-electron chi connectivity index (χ4n) is 4.14. The van der Waals surface area contributed by atoms with Gasteiger partial charge in [-0.3, -0.25) is 14.3 Å². The number of benzene rings is 2. The number of carbonyl (C=O) groups excluding carboxylic acids is 1. The molecule has 31 heavy (non-hydrogen) atoms. The Labute approximate surface area is 180 Å². The predicted octanol–water partition coefficient (Wildman–Crippen LogP) is 3.93. The Kier molecular flexibility index (Phi) is 6.51. The van der Waals surface area contributed by atoms with Crippen LogP contribution in [0.25, 0.3) is 11.1 Å². The van der Waals surface area contributed by atoms with Crippen molar-refractivity contribution in [1.82, 2.24) is 9.47 Å². The third kappa shape index (κ3) is 4.88. The average Bonchev–Trinajstić information content (AvgIpc) is 3.11. The Bertz CT molecular complexity index is 1100. The maximum absolute atomic E-state index is 13.1. The molecule has 1 aliphatic heterocycles. The third-order valence-electron chi connectivity index (χ3n) is 5.98. The van der Waals surface area contributed by atoms with E-state index in [1.54, 1.807) is 22.8 Å². The topological polar surface area (TPSA) is 58.7 Å². The lowest BCUT2D eigenvalue weighted by atomic mass is 10.1. The van der Waals surface area contributed by atoms with Crippen LogP contribution in [0, 0.1) is 5.82 Å². The van der Waals surface area contributed by atoms with Crippen LogP contribution in [0.2, 0.25) is 0 Å². The zero-order chi connectivity index (χ0) is 21.8. The van der Waals surface area contributed by atoms with E-state index in [1.165, 1.54) is 12.1 Å². The van der Waals surface area contributed by atoms with Crippen LogP contribution >= 0.6 is 0 Å². The van der Waals surface area contributed by atoms with E-state index in [2.05, 4.69) is 9.80 Å². The first-order valence-corrected chi connectivity index (χ1v) is 10.9. The number of halogens is 1. The van der Waals surface area contributed by atoms with Gasteiger partial charge in [0.1, 0.15) is 5.82 Å². The van der Waals surface area contributed by atoms with Crippen LogP contribution in [0.3, 0.4) is 0 Å². The van der Waals surface area contributed by atoms with Gasteiger partial charge in [0, 0.05) is 50.4 Å². The minimum absolute atomic E-state index is 0.0387. The Morgan fingerprint density at radius 3 is 2.42 bits per heavy atom. The molecule has 0 aliphatic carbocycles. The summed E-state index contributed by atoms with van der Waals surface area (Å²) in [5, 5.41) is 0. The first-order valence-electron chi connectivity index (χ1n) is 10.9. The molecule has 1 aliphatic rings. The molecule has 0 unspecified atom stereocenters. The van der Waals surface area contributed by atoms with Crippen molar-refractivity contribution < 1.29 is 13.6 Å². The highest BCUT2D eigenvalue weighted by Gasteiger charge is 2.17. The van der Waals surface area contributed by atoms with Crippen LogP contribution in [0.4, 0.5) is 10.1 Å². The van der Waals surface area contributed by atoms with E-state index in [9.17, 15) is 14.0 Å². The standard InChI is InChI=1S/C24H28FN3O3/c1-2-22(29)18-5-10-21-23(17-18)31-24(30)28(21)12-4-3-11-26-13-15-27(16-14-26)20-8-6-19(25)7-9-20/h5-10,17H,2-4,11-16H2,1H3. The first kappa shape index (κ1) is 21.3. The second-order valence-electron chi connectivity index (χ2n) is 7.99. The molecule has 3 aromatic rings. The molecular formula is C24H28FN3O3. The number of hydrogen-bond acceptors (Lipinski definition) is 5. The van der Waals surface area contributed by atoms with E-state index < -0.39 is 0 Å². The van der Waals surface area contributed by atoms with Gasteiger partial charge in [-0.15, -0.1) is 0 Å². The minimum atomic E-state index is -0.371. The molecule has 0 radical (unpaired) electrons. The number of aromatic nitrogens is 1. The van der Waals surface area contributed by atoms with Gasteiger partial charge >= 0.3 is 5.76 Å². The lowest BCUT2D eigenvalue weighted by molar-refractivity contribution is 0.0988. The molecule has 7 heteroatoms. The molecule has 0 spiro atoms. The van der Waals surface area contributed by atoms with Gasteiger partial charge in [0.15, 0.2) is 11.4 Å². The van der Waals surface area contributed by atoms with Crippen molar-refractivity contribution in [3.8, 4) is 0 Å². The summed E-state index contributed by atoms with van der Waals surface area (Å²) in [6.07, 6.45) is 2.29. The molecule has 0 saturated carbocycles. The van der Waals surface area contributed by atoms with Gasteiger partial charge in [-0.2, -0.15) is 0 Å². The molecule has 1 fully saturated rings. The van der Waals surface area contributed by atoms with Gasteiger partial charge < -0.3 is 9.32 Å². The van der Waals surface area contributed by atoms with E-state index in [4.69, 9.17) is 4.42 Å². The number of ketones is 1. The zero-order valence-electron chi connectivity index (χ0n) is 17.8. The number of fused-ring (bicyclic) bond motifs is 1. The lowest BCUT2D eigenvalue weighted by Crippen LogP contribution is -2.46. The van der Waals surface area contributed by atoms with Crippen molar-refractivity contribution >= 4 is 22.6 Å². The number of carbonyl (C=O) groups is 1. The molecule has 0 N–H and O–H groups in total. The van der Waals surface area contributed by atoms with Crippen molar-refractivity contribution in [3.63, 3.8) is 0 Å². The van der Waals surface area contributed by atoms with Gasteiger partial charge in [-0.25, -0.2) is 9.18 Å². The summed E-state index contributed by atoms with van der Waals surface area (Å²) in [6.45, 7) is 7.20. The van der Waals surface area contributed by atoms with Gasteiger partial charge in [0.05, 0.1) is 5.52 Å². The van der Waals surface area contributed by atoms with Crippen LogP contribution < -0.4 is 10.7 Å². The second-order valence-corrected chi connectivity index (χ2v) is 7.99. The van der Waals surface area contributed by atoms with E-state index in [0.717, 1.165) is 56.8 Å². The highest BCUT2D eigenvalue weighted by Crippen LogP contribution is 2.18. The van der Waals surface area contributed by atoms with Crippen LogP contribution in [0.15, 0.2) is 51.7 Å². The molecule has 0 bridgehead atoms. The van der Waals surface area contributed by atoms with Crippen LogP contribution in [-0.4, -0.2) is 48.0 Å². The van der Waals surface area contributed by atoms with Gasteiger partial charge in [0.25, 0.3) is 0 Å². The Morgan fingerprint density at radius 2 is 1.71 bits per heavy atom. The van der Waals surface area contributed by atoms with E-state index in [0.29, 0.717) is 24.1 Å². The largest absolute Gasteiger partial charge is 0.419 e.